The fourth-order valence-corrected chi connectivity index (χ4v) is 5.10. The summed E-state index contributed by atoms with van der Waals surface area (Å²) < 4.78 is 11.3. The molecule has 2 bridgehead atoms. The van der Waals surface area contributed by atoms with E-state index in [0.29, 0.717) is 24.0 Å². The molecule has 3 aliphatic rings. The zero-order valence-electron chi connectivity index (χ0n) is 15.0. The van der Waals surface area contributed by atoms with Crippen molar-refractivity contribution in [2.45, 2.75) is 75.4 Å². The molecule has 2 nitrogen and oxygen atoms in total. The highest BCUT2D eigenvalue weighted by molar-refractivity contribution is 7.99. The summed E-state index contributed by atoms with van der Waals surface area (Å²) in [4.78, 5) is 1.35. The number of thioether (sulfide) groups is 1. The molecule has 1 aromatic carbocycles. The fraction of sp³-hybridized carbons (Fsp3) is 0.700. The first-order valence-corrected chi connectivity index (χ1v) is 10.0. The van der Waals surface area contributed by atoms with Crippen molar-refractivity contribution in [3.8, 4) is 0 Å². The van der Waals surface area contributed by atoms with Gasteiger partial charge in [-0.05, 0) is 73.6 Å². The zero-order valence-corrected chi connectivity index (χ0v) is 15.8. The summed E-state index contributed by atoms with van der Waals surface area (Å²) >= 11 is 1.86. The maximum atomic E-state index is 5.66. The van der Waals surface area contributed by atoms with Crippen LogP contribution in [0.25, 0.3) is 0 Å². The molecule has 0 saturated heterocycles. The Morgan fingerprint density at radius 1 is 0.957 bits per heavy atom. The summed E-state index contributed by atoms with van der Waals surface area (Å²) in [6.07, 6.45) is 5.27. The first-order valence-electron chi connectivity index (χ1n) is 9.02. The van der Waals surface area contributed by atoms with E-state index < -0.39 is 0 Å². The smallest absolute Gasteiger partial charge is 0.166 e. The summed E-state index contributed by atoms with van der Waals surface area (Å²) in [5.41, 5.74) is 4.01. The molecule has 0 unspecified atom stereocenters. The van der Waals surface area contributed by atoms with Gasteiger partial charge in [-0.1, -0.05) is 19.9 Å². The van der Waals surface area contributed by atoms with Crippen LogP contribution >= 0.6 is 11.8 Å². The second-order valence-corrected chi connectivity index (χ2v) is 8.57. The van der Waals surface area contributed by atoms with E-state index >= 15 is 0 Å². The van der Waals surface area contributed by atoms with Gasteiger partial charge in [-0.15, -0.1) is 11.8 Å². The van der Waals surface area contributed by atoms with Crippen LogP contribution in [-0.2, 0) is 20.3 Å². The van der Waals surface area contributed by atoms with E-state index in [4.69, 9.17) is 9.47 Å². The summed E-state index contributed by atoms with van der Waals surface area (Å²) in [6, 6.07) is 7.14. The van der Waals surface area contributed by atoms with Gasteiger partial charge in [-0.2, -0.15) is 0 Å². The van der Waals surface area contributed by atoms with Crippen LogP contribution in [0.3, 0.4) is 0 Å². The van der Waals surface area contributed by atoms with E-state index in [9.17, 15) is 0 Å². The number of ether oxygens (including phenoxy) is 2. The second-order valence-electron chi connectivity index (χ2n) is 7.48. The first-order chi connectivity index (χ1) is 11.0. The Morgan fingerprint density at radius 3 is 2.09 bits per heavy atom. The average Bonchev–Trinajstić information content (AvgIpc) is 2.55. The molecule has 23 heavy (non-hydrogen) atoms. The topological polar surface area (TPSA) is 18.5 Å². The predicted molar refractivity (Wildman–Crippen MR) is 97.4 cm³/mol. The van der Waals surface area contributed by atoms with Gasteiger partial charge in [0.25, 0.3) is 0 Å². The van der Waals surface area contributed by atoms with Gasteiger partial charge in [0.15, 0.2) is 6.29 Å². The predicted octanol–water partition coefficient (Wildman–Crippen LogP) is 5.28. The van der Waals surface area contributed by atoms with Crippen molar-refractivity contribution in [1.29, 1.82) is 0 Å². The molecule has 0 heterocycles. The lowest BCUT2D eigenvalue weighted by Gasteiger charge is -2.52. The Balaban J connectivity index is 1.76. The maximum Gasteiger partial charge on any atom is 0.166 e. The van der Waals surface area contributed by atoms with Gasteiger partial charge in [0.05, 0.1) is 0 Å². The molecule has 0 atom stereocenters. The van der Waals surface area contributed by atoms with Crippen molar-refractivity contribution in [3.05, 3.63) is 29.3 Å². The van der Waals surface area contributed by atoms with Crippen molar-refractivity contribution >= 4 is 11.8 Å². The van der Waals surface area contributed by atoms with Gasteiger partial charge >= 0.3 is 0 Å². The number of hydrogen-bond donors (Lipinski definition) is 0. The largest absolute Gasteiger partial charge is 0.352 e. The highest BCUT2D eigenvalue weighted by Gasteiger charge is 2.47. The normalized spacial score (nSPS) is 29.1. The molecule has 0 spiro atoms. The number of rotatable bonds is 7. The van der Waals surface area contributed by atoms with Crippen molar-refractivity contribution < 1.29 is 9.47 Å². The number of benzene rings is 1. The van der Waals surface area contributed by atoms with E-state index in [1.807, 2.05) is 25.6 Å². The molecular formula is C20H30O2S. The summed E-state index contributed by atoms with van der Waals surface area (Å²) in [7, 11) is 0. The lowest BCUT2D eigenvalue weighted by Crippen LogP contribution is -2.44. The molecule has 0 aromatic heterocycles. The second kappa shape index (κ2) is 6.78. The molecule has 0 radical (unpaired) electrons. The van der Waals surface area contributed by atoms with Gasteiger partial charge in [0.2, 0.25) is 0 Å². The van der Waals surface area contributed by atoms with Gasteiger partial charge in [0.1, 0.15) is 0 Å². The Kier molecular flexibility index (Phi) is 5.10. The van der Waals surface area contributed by atoms with Crippen molar-refractivity contribution in [2.24, 2.45) is 0 Å². The maximum absolute atomic E-state index is 5.66. The van der Waals surface area contributed by atoms with E-state index in [1.54, 1.807) is 11.1 Å². The minimum absolute atomic E-state index is 0.101. The average molecular weight is 335 g/mol. The van der Waals surface area contributed by atoms with Crippen LogP contribution in [0, 0.1) is 0 Å². The van der Waals surface area contributed by atoms with E-state index in [-0.39, 0.29) is 6.29 Å². The van der Waals surface area contributed by atoms with Gasteiger partial charge in [-0.25, -0.2) is 0 Å². The van der Waals surface area contributed by atoms with Gasteiger partial charge in [-0.3, -0.25) is 0 Å². The van der Waals surface area contributed by atoms with Crippen LogP contribution in [0.2, 0.25) is 0 Å². The third-order valence-corrected chi connectivity index (χ3v) is 6.87. The molecule has 0 aliphatic heterocycles. The van der Waals surface area contributed by atoms with Crippen LogP contribution in [0.5, 0.6) is 0 Å². The Hall–Kier alpha value is -0.510. The molecule has 128 valence electrons. The Bertz CT molecular complexity index is 541. The molecule has 0 N–H and O–H groups in total. The van der Waals surface area contributed by atoms with Crippen molar-refractivity contribution in [2.75, 3.05) is 19.0 Å². The van der Waals surface area contributed by atoms with Crippen LogP contribution in [0.1, 0.15) is 64.5 Å². The Morgan fingerprint density at radius 2 is 1.52 bits per heavy atom. The lowest BCUT2D eigenvalue weighted by atomic mass is 9.53. The minimum atomic E-state index is -0.101. The zero-order chi connectivity index (χ0) is 16.5. The molecule has 1 fully saturated rings. The van der Waals surface area contributed by atoms with Gasteiger partial charge < -0.3 is 9.47 Å². The van der Waals surface area contributed by atoms with Crippen LogP contribution in [0.4, 0.5) is 0 Å². The third-order valence-electron chi connectivity index (χ3n) is 5.84. The third kappa shape index (κ3) is 3.33. The van der Waals surface area contributed by atoms with E-state index in [2.05, 4.69) is 32.0 Å². The summed E-state index contributed by atoms with van der Waals surface area (Å²) in [6.45, 7) is 10.4. The van der Waals surface area contributed by atoms with Gasteiger partial charge in [0, 0.05) is 23.9 Å². The fourth-order valence-electron chi connectivity index (χ4n) is 4.21. The molecule has 1 aromatic rings. The van der Waals surface area contributed by atoms with Crippen LogP contribution < -0.4 is 0 Å². The SMILES string of the molecule is CCOC(CSc1ccc2c(c1)C1(C)CCC2(C)CC1)OCC. The van der Waals surface area contributed by atoms with Crippen molar-refractivity contribution in [3.63, 3.8) is 0 Å². The highest BCUT2D eigenvalue weighted by atomic mass is 32.2. The first kappa shape index (κ1) is 17.3. The highest BCUT2D eigenvalue weighted by Crippen LogP contribution is 2.56. The molecule has 0 amide bonds. The summed E-state index contributed by atoms with van der Waals surface area (Å²) in [5.74, 6) is 0.856. The van der Waals surface area contributed by atoms with Crippen LogP contribution in [0.15, 0.2) is 23.1 Å². The standard InChI is InChI=1S/C20H30O2S/c1-5-21-18(22-6-2)14-23-15-7-8-16-17(13-15)20(4)11-9-19(16,3)10-12-20/h7-8,13,18H,5-6,9-12,14H2,1-4H3. The molecular weight excluding hydrogens is 304 g/mol. The molecule has 4 rings (SSSR count). The van der Waals surface area contributed by atoms with E-state index in [1.165, 1.54) is 30.6 Å². The van der Waals surface area contributed by atoms with E-state index in [0.717, 1.165) is 5.75 Å². The van der Waals surface area contributed by atoms with Crippen molar-refractivity contribution in [1.82, 2.24) is 0 Å². The number of fused-ring (bicyclic) bond motifs is 2. The lowest BCUT2D eigenvalue weighted by molar-refractivity contribution is -0.120. The molecule has 3 heteroatoms. The number of hydrogen-bond acceptors (Lipinski definition) is 3. The summed E-state index contributed by atoms with van der Waals surface area (Å²) in [5, 5.41) is 0. The molecule has 3 aliphatic carbocycles. The molecule has 1 saturated carbocycles. The van der Waals surface area contributed by atoms with Crippen LogP contribution in [-0.4, -0.2) is 25.3 Å². The Labute approximate surface area is 145 Å². The monoisotopic (exact) mass is 334 g/mol. The quantitative estimate of drug-likeness (QED) is 0.499. The minimum Gasteiger partial charge on any atom is -0.352 e.